The van der Waals surface area contributed by atoms with Crippen molar-refractivity contribution in [3.63, 3.8) is 0 Å². The van der Waals surface area contributed by atoms with Crippen LogP contribution >= 0.6 is 0 Å². The molecule has 0 aromatic carbocycles. The molecule has 368 valence electrons. The van der Waals surface area contributed by atoms with Crippen LogP contribution in [0.15, 0.2) is 12.4 Å². The molecule has 21 nitrogen and oxygen atoms in total. The predicted octanol–water partition coefficient (Wildman–Crippen LogP) is -2.70. The predicted molar refractivity (Wildman–Crippen MR) is 246 cm³/mol. The van der Waals surface area contributed by atoms with Gasteiger partial charge in [0.25, 0.3) is 0 Å². The van der Waals surface area contributed by atoms with Crippen LogP contribution in [-0.4, -0.2) is 178 Å². The lowest BCUT2D eigenvalue weighted by molar-refractivity contribution is -0.368. The maximum Gasteiger partial charge on any atom is 0.247 e. The van der Waals surface area contributed by atoms with Gasteiger partial charge in [-0.3, -0.25) is 9.59 Å². The fourth-order valence-corrected chi connectivity index (χ4v) is 7.88. The number of hydrogen-bond acceptors (Lipinski definition) is 15. The number of nitrogens with zero attached hydrogens (tertiary/aromatic N) is 13. The van der Waals surface area contributed by atoms with E-state index in [1.807, 2.05) is 22.2 Å². The number of carbonyl (C=O) groups excluding carboxylic acids is 2. The maximum absolute atomic E-state index is 14.2. The molecule has 66 heavy (non-hydrogen) atoms. The summed E-state index contributed by atoms with van der Waals surface area (Å²) in [6.45, 7) is 15.2. The average Bonchev–Trinajstić information content (AvgIpc) is 4.01. The Morgan fingerprint density at radius 3 is 1.86 bits per heavy atom. The molecule has 3 atom stereocenters. The molecule has 3 aromatic heterocycles. The van der Waals surface area contributed by atoms with Crippen molar-refractivity contribution in [2.24, 2.45) is 5.92 Å². The molecule has 2 amide bonds. The molecule has 2 saturated heterocycles. The second-order valence-corrected chi connectivity index (χ2v) is 16.8. The number of amides is 2. The lowest BCUT2D eigenvalue weighted by Gasteiger charge is -2.38. The van der Waals surface area contributed by atoms with Crippen molar-refractivity contribution in [1.29, 1.82) is 0 Å². The molecule has 2 aliphatic rings. The molecule has 5 rings (SSSR count). The molecule has 0 unspecified atom stereocenters. The summed E-state index contributed by atoms with van der Waals surface area (Å²) in [7, 11) is 0. The van der Waals surface area contributed by atoms with E-state index in [0.717, 1.165) is 82.3 Å². The number of aryl methyl sites for hydroxylation is 2. The van der Waals surface area contributed by atoms with E-state index in [9.17, 15) is 9.59 Å². The van der Waals surface area contributed by atoms with Crippen LogP contribution in [0.25, 0.3) is 0 Å². The number of halogens is 1. The van der Waals surface area contributed by atoms with E-state index in [4.69, 9.17) is 35.6 Å². The molecular formula is C44H76ClN16O5+. The Hall–Kier alpha value is -4.72. The molecule has 5 heterocycles. The van der Waals surface area contributed by atoms with Crippen LogP contribution in [0.5, 0.6) is 0 Å². The van der Waals surface area contributed by atoms with Gasteiger partial charge in [-0.2, -0.15) is 15.0 Å². The number of carbonyl (C=O) groups is 2. The van der Waals surface area contributed by atoms with E-state index in [-0.39, 0.29) is 36.7 Å². The number of aromatic nitrogens is 9. The number of anilines is 3. The van der Waals surface area contributed by atoms with Gasteiger partial charge in [0, 0.05) is 71.3 Å². The maximum atomic E-state index is 14.2. The van der Waals surface area contributed by atoms with Crippen molar-refractivity contribution in [3.8, 4) is 12.3 Å². The SMILES string of the molecule is C#CCOCCOCCOCCNc1nc(N2CCN(C(=O)[C@H]([C@@H](C)CC)n3cc(CCCC[NH3+])nn3)CC2)nc(N2CCN(C(=O)[C@H](CCCC[NH3+])n3cc(CCCC)nn3)CC2)n1.[Cl-]. The van der Waals surface area contributed by atoms with Gasteiger partial charge in [0.2, 0.25) is 29.7 Å². The third-order valence-corrected chi connectivity index (χ3v) is 12.0. The average molecular weight is 945 g/mol. The zero-order valence-corrected chi connectivity index (χ0v) is 40.5. The Bertz CT molecular complexity index is 1880. The Morgan fingerprint density at radius 1 is 0.727 bits per heavy atom. The van der Waals surface area contributed by atoms with Gasteiger partial charge >= 0.3 is 0 Å². The topological polar surface area (TPSA) is 242 Å². The number of piperazine rings is 2. The Kier molecular flexibility index (Phi) is 24.4. The minimum Gasteiger partial charge on any atom is -1.00 e. The molecule has 0 saturated carbocycles. The molecule has 0 bridgehead atoms. The number of rotatable bonds is 30. The van der Waals surface area contributed by atoms with E-state index in [1.54, 1.807) is 9.36 Å². The third-order valence-electron chi connectivity index (χ3n) is 12.0. The van der Waals surface area contributed by atoms with E-state index in [0.29, 0.717) is 116 Å². The Labute approximate surface area is 396 Å². The number of ether oxygens (including phenoxy) is 3. The number of nitrogens with one attached hydrogen (secondary N) is 1. The van der Waals surface area contributed by atoms with Gasteiger partial charge < -0.3 is 63.0 Å². The van der Waals surface area contributed by atoms with Crippen LogP contribution in [0.1, 0.15) is 95.6 Å². The first-order valence-corrected chi connectivity index (χ1v) is 23.9. The molecule has 2 aliphatic heterocycles. The second kappa shape index (κ2) is 29.8. The van der Waals surface area contributed by atoms with Gasteiger partial charge in [0.1, 0.15) is 18.7 Å². The zero-order valence-electron chi connectivity index (χ0n) is 39.7. The summed E-state index contributed by atoms with van der Waals surface area (Å²) in [5.41, 5.74) is 9.76. The molecule has 2 fully saturated rings. The monoisotopic (exact) mass is 944 g/mol. The summed E-state index contributed by atoms with van der Waals surface area (Å²) in [6, 6.07) is -0.846. The minimum atomic E-state index is -0.434. The normalized spacial score (nSPS) is 15.6. The highest BCUT2D eigenvalue weighted by Crippen LogP contribution is 2.26. The quantitative estimate of drug-likeness (QED) is 0.0455. The first-order chi connectivity index (χ1) is 31.8. The minimum absolute atomic E-state index is 0. The molecular weight excluding hydrogens is 868 g/mol. The van der Waals surface area contributed by atoms with Crippen LogP contribution in [0, 0.1) is 18.3 Å². The van der Waals surface area contributed by atoms with E-state index in [1.165, 1.54) is 0 Å². The Balaban J connectivity index is 0.00000952. The summed E-state index contributed by atoms with van der Waals surface area (Å²) in [6.07, 6.45) is 18.2. The molecule has 0 aliphatic carbocycles. The molecule has 0 spiro atoms. The van der Waals surface area contributed by atoms with E-state index < -0.39 is 12.1 Å². The molecule has 3 aromatic rings. The summed E-state index contributed by atoms with van der Waals surface area (Å²) in [5.74, 6) is 4.10. The van der Waals surface area contributed by atoms with Crippen LogP contribution < -0.4 is 39.0 Å². The summed E-state index contributed by atoms with van der Waals surface area (Å²) < 4.78 is 20.1. The molecule has 7 N–H and O–H groups in total. The van der Waals surface area contributed by atoms with Crippen molar-refractivity contribution in [2.45, 2.75) is 97.1 Å². The van der Waals surface area contributed by atoms with Crippen molar-refractivity contribution in [1.82, 2.24) is 54.7 Å². The second-order valence-electron chi connectivity index (χ2n) is 16.8. The van der Waals surface area contributed by atoms with E-state index in [2.05, 4.69) is 73.9 Å². The Morgan fingerprint density at radius 2 is 1.27 bits per heavy atom. The summed E-state index contributed by atoms with van der Waals surface area (Å²) >= 11 is 0. The van der Waals surface area contributed by atoms with Crippen molar-refractivity contribution in [2.75, 3.05) is 127 Å². The van der Waals surface area contributed by atoms with Crippen molar-refractivity contribution < 1.29 is 47.7 Å². The van der Waals surface area contributed by atoms with Crippen molar-refractivity contribution >= 4 is 29.7 Å². The van der Waals surface area contributed by atoms with Gasteiger partial charge in [0.15, 0.2) is 0 Å². The first kappa shape index (κ1) is 53.9. The smallest absolute Gasteiger partial charge is 0.247 e. The number of quaternary nitrogens is 2. The number of hydrogen-bond donors (Lipinski definition) is 3. The third kappa shape index (κ3) is 16.6. The summed E-state index contributed by atoms with van der Waals surface area (Å²) in [5, 5.41) is 21.0. The largest absolute Gasteiger partial charge is 1.00 e. The van der Waals surface area contributed by atoms with Crippen molar-refractivity contribution in [3.05, 3.63) is 23.8 Å². The highest BCUT2D eigenvalue weighted by Gasteiger charge is 2.35. The van der Waals surface area contributed by atoms with Crippen LogP contribution in [-0.2, 0) is 36.6 Å². The highest BCUT2D eigenvalue weighted by molar-refractivity contribution is 5.81. The van der Waals surface area contributed by atoms with Crippen LogP contribution in [0.3, 0.4) is 0 Å². The van der Waals surface area contributed by atoms with E-state index >= 15 is 0 Å². The van der Waals surface area contributed by atoms with Crippen LogP contribution in [0.4, 0.5) is 17.8 Å². The van der Waals surface area contributed by atoms with Gasteiger partial charge in [0.05, 0.1) is 57.5 Å². The molecule has 22 heteroatoms. The first-order valence-electron chi connectivity index (χ1n) is 23.9. The lowest BCUT2D eigenvalue weighted by atomic mass is 9.97. The summed E-state index contributed by atoms with van der Waals surface area (Å²) in [4.78, 5) is 51.1. The van der Waals surface area contributed by atoms with Gasteiger partial charge in [-0.15, -0.1) is 16.6 Å². The lowest BCUT2D eigenvalue weighted by Crippen LogP contribution is -3.00. The van der Waals surface area contributed by atoms with Gasteiger partial charge in [-0.25, -0.2) is 9.36 Å². The van der Waals surface area contributed by atoms with Gasteiger partial charge in [-0.05, 0) is 57.3 Å². The highest BCUT2D eigenvalue weighted by atomic mass is 35.5. The number of terminal acetylenes is 1. The fraction of sp³-hybridized carbons (Fsp3) is 0.750. The standard InChI is InChI=1S/C44H74N16O5.ClH/c1-5-8-13-36-33-59(53-51-36)38(15-10-12-17-46)40(61)55-19-23-57(24-20-55)43-48-42(47-18-28-64-30-32-65-31-29-63-27-6-2)49-44(50-43)58-25-21-56(22-26-58)41(62)39(35(4)7-3)60-34-37(52-54-60)14-9-11-16-45;/h2,33-35,38-39H,5,7-32,45-46H2,1,3-4H3,(H,47,48,49,50);1H/p+1/t35-,38-,39-;/m0./s1. The zero-order chi connectivity index (χ0) is 46.2. The van der Waals surface area contributed by atoms with Crippen LogP contribution in [0.2, 0.25) is 0 Å². The molecule has 0 radical (unpaired) electrons. The number of unbranched alkanes of at least 4 members (excludes halogenated alkanes) is 3. The fourth-order valence-electron chi connectivity index (χ4n) is 7.88. The van der Waals surface area contributed by atoms with Gasteiger partial charge in [-0.1, -0.05) is 50.0 Å².